The molecule has 2 aliphatic rings. The van der Waals surface area contributed by atoms with Crippen LogP contribution < -0.4 is 31.7 Å². The van der Waals surface area contributed by atoms with E-state index in [2.05, 4.69) is 28.2 Å². The zero-order valence-electron chi connectivity index (χ0n) is 52.9. The first-order valence-corrected chi connectivity index (χ1v) is 30.9. The second-order valence-electron chi connectivity index (χ2n) is 25.3. The fraction of sp³-hybridized carbons (Fsp3) is 0.536. The number of rotatable bonds is 35. The molecule has 0 aromatic heterocycles. The number of nitrogens with one attached hydrogen (secondary N) is 4. The summed E-state index contributed by atoms with van der Waals surface area (Å²) in [5.74, 6) is -4.85. The number of phenols is 1. The Hall–Kier alpha value is -7.48. The molecule has 88 heavy (non-hydrogen) atoms. The van der Waals surface area contributed by atoms with Gasteiger partial charge in [0.2, 0.25) is 23.6 Å². The molecule has 6 rings (SSSR count). The summed E-state index contributed by atoms with van der Waals surface area (Å²) in [6.07, 6.45) is 3.15. The summed E-state index contributed by atoms with van der Waals surface area (Å²) in [4.78, 5) is 105. The summed E-state index contributed by atoms with van der Waals surface area (Å²) in [5.41, 5.74) is 9.12. The van der Waals surface area contributed by atoms with Crippen molar-refractivity contribution in [2.45, 2.75) is 157 Å². The topological polar surface area (TPSA) is 288 Å². The average Bonchev–Trinajstić information content (AvgIpc) is 3.66. The van der Waals surface area contributed by atoms with Crippen LogP contribution >= 0.6 is 0 Å². The number of carbonyl (C=O) groups excluding carboxylic acids is 7. The summed E-state index contributed by atoms with van der Waals surface area (Å²) < 4.78 is 22.1. The van der Waals surface area contributed by atoms with Crippen LogP contribution in [0.4, 0.5) is 0 Å². The number of carbonyl (C=O) groups is 8. The Morgan fingerprint density at radius 2 is 0.955 bits per heavy atom. The van der Waals surface area contributed by atoms with Gasteiger partial charge in [-0.15, -0.1) is 0 Å². The number of esters is 1. The third kappa shape index (κ3) is 23.2. The lowest BCUT2D eigenvalue weighted by molar-refractivity contribution is -0.149. The minimum absolute atomic E-state index is 0.0226. The molecule has 2 aliphatic heterocycles. The van der Waals surface area contributed by atoms with Crippen LogP contribution in [0.1, 0.15) is 130 Å². The smallest absolute Gasteiger partial charge is 0.328 e. The molecule has 4 aromatic carbocycles. The molecule has 4 amide bonds. The summed E-state index contributed by atoms with van der Waals surface area (Å²) in [6, 6.07) is 29.4. The molecule has 2 heterocycles. The van der Waals surface area contributed by atoms with Crippen molar-refractivity contribution in [2.75, 3.05) is 33.0 Å². The third-order valence-corrected chi connectivity index (χ3v) is 16.4. The first-order valence-electron chi connectivity index (χ1n) is 30.9. The van der Waals surface area contributed by atoms with Crippen LogP contribution in [0.2, 0.25) is 0 Å². The number of benzene rings is 4. The predicted molar refractivity (Wildman–Crippen MR) is 334 cm³/mol. The van der Waals surface area contributed by atoms with Crippen molar-refractivity contribution in [3.8, 4) is 11.5 Å². The van der Waals surface area contributed by atoms with E-state index in [1.165, 1.54) is 19.1 Å². The second kappa shape index (κ2) is 34.9. The van der Waals surface area contributed by atoms with E-state index in [1.54, 1.807) is 26.0 Å². The second-order valence-corrected chi connectivity index (χ2v) is 25.3. The quantitative estimate of drug-likeness (QED) is 0.0214. The van der Waals surface area contributed by atoms with Gasteiger partial charge in [-0.1, -0.05) is 133 Å². The minimum atomic E-state index is -1.17. The van der Waals surface area contributed by atoms with Crippen LogP contribution in [0.3, 0.4) is 0 Å². The van der Waals surface area contributed by atoms with Gasteiger partial charge in [0.1, 0.15) is 36.8 Å². The highest BCUT2D eigenvalue weighted by atomic mass is 16.5. The van der Waals surface area contributed by atoms with Crippen LogP contribution in [0.5, 0.6) is 11.5 Å². The maximum absolute atomic E-state index is 14.1. The number of phenolic OH excluding ortho intramolecular Hbond substituents is 1. The molecule has 0 aliphatic carbocycles. The number of aromatic hydroxyl groups is 1. The molecular formula is C69H95N5O14. The number of Topliss-reactive ketones (excluding diaryl/α,β-unsaturated/α-hetero) is 2. The summed E-state index contributed by atoms with van der Waals surface area (Å²) in [7, 11) is 0. The first kappa shape index (κ1) is 71.3. The summed E-state index contributed by atoms with van der Waals surface area (Å²) in [5, 5.41) is 29.9. The zero-order valence-corrected chi connectivity index (χ0v) is 52.9. The van der Waals surface area contributed by atoms with Crippen LogP contribution in [0.25, 0.3) is 0 Å². The number of ketones is 2. The van der Waals surface area contributed by atoms with Crippen molar-refractivity contribution in [1.29, 1.82) is 0 Å². The van der Waals surface area contributed by atoms with Gasteiger partial charge in [-0.25, -0.2) is 4.79 Å². The molecule has 19 heteroatoms. The number of aliphatic carboxylic acids is 1. The van der Waals surface area contributed by atoms with E-state index in [0.717, 1.165) is 28.7 Å². The van der Waals surface area contributed by atoms with Gasteiger partial charge in [-0.05, 0) is 117 Å². The SMILES string of the molecule is CC(C)C[C@H](CC(=O)[C@H](Cc1ccc(O)cc1)NC(=O)[C@H](C)CC1(CN)COC1)C(=O)N[C@@H](C)C(=O)O.CCC1(C[C@@H](C)C(=O)N[C@@H](Cc2ccc(OCc3ccccc3)cc2)C(=O)C[C@@H](CC(C)C)C(=O)N[C@@H](C)C(=O)OCc2ccccc2)COC1. The van der Waals surface area contributed by atoms with Gasteiger partial charge in [-0.2, -0.15) is 0 Å². The molecule has 0 saturated carbocycles. The fourth-order valence-electron chi connectivity index (χ4n) is 10.8. The fourth-order valence-corrected chi connectivity index (χ4v) is 10.8. The van der Waals surface area contributed by atoms with Gasteiger partial charge in [-0.3, -0.25) is 33.6 Å². The Balaban J connectivity index is 0.000000338. The molecule has 8 atom stereocenters. The van der Waals surface area contributed by atoms with Crippen LogP contribution in [-0.2, 0) is 78.6 Å². The van der Waals surface area contributed by atoms with Crippen molar-refractivity contribution in [3.63, 3.8) is 0 Å². The van der Waals surface area contributed by atoms with Gasteiger partial charge in [0.05, 0.1) is 38.5 Å². The van der Waals surface area contributed by atoms with E-state index in [4.69, 9.17) is 29.8 Å². The summed E-state index contributed by atoms with van der Waals surface area (Å²) >= 11 is 0. The van der Waals surface area contributed by atoms with Crippen molar-refractivity contribution in [3.05, 3.63) is 131 Å². The Bertz CT molecular complexity index is 2870. The lowest BCUT2D eigenvalue weighted by Gasteiger charge is -2.42. The van der Waals surface area contributed by atoms with Crippen LogP contribution in [0, 0.1) is 46.3 Å². The Kier molecular flexibility index (Phi) is 28.3. The van der Waals surface area contributed by atoms with Crippen molar-refractivity contribution >= 4 is 47.1 Å². The molecule has 19 nitrogen and oxygen atoms in total. The van der Waals surface area contributed by atoms with Crippen molar-refractivity contribution < 1.29 is 67.5 Å². The predicted octanol–water partition coefficient (Wildman–Crippen LogP) is 8.25. The maximum atomic E-state index is 14.1. The largest absolute Gasteiger partial charge is 0.508 e. The van der Waals surface area contributed by atoms with Gasteiger partial charge in [0, 0.05) is 53.9 Å². The van der Waals surface area contributed by atoms with Gasteiger partial charge < -0.3 is 56.2 Å². The number of carboxylic acids is 1. The van der Waals surface area contributed by atoms with Crippen LogP contribution in [0.15, 0.2) is 109 Å². The number of nitrogens with two attached hydrogens (primary N) is 1. The highest BCUT2D eigenvalue weighted by molar-refractivity contribution is 5.95. The molecule has 480 valence electrons. The van der Waals surface area contributed by atoms with Gasteiger partial charge in [0.25, 0.3) is 0 Å². The highest BCUT2D eigenvalue weighted by Crippen LogP contribution is 2.38. The Labute approximate surface area is 519 Å². The maximum Gasteiger partial charge on any atom is 0.328 e. The van der Waals surface area contributed by atoms with Crippen molar-refractivity contribution in [2.24, 2.45) is 52.1 Å². The highest BCUT2D eigenvalue weighted by Gasteiger charge is 2.42. The van der Waals surface area contributed by atoms with E-state index in [0.29, 0.717) is 71.0 Å². The van der Waals surface area contributed by atoms with E-state index >= 15 is 0 Å². The Morgan fingerprint density at radius 3 is 1.35 bits per heavy atom. The molecule has 2 saturated heterocycles. The standard InChI is InChI=1S/C42H54N2O7.C27H41N3O7/c1-6-42(27-49-28-42)24-30(4)39(46)44-37(22-32-17-19-36(20-18-32)50-25-33-13-9-7-10-14-33)38(45)23-35(21-29(2)3)40(47)43-31(5)41(48)51-26-34-15-11-8-12-16-34;1-16(2)9-20(25(34)29-18(4)26(35)36)11-23(32)22(10-19-5-7-21(31)8-6-19)30-24(33)17(3)12-27(13-28)14-37-15-27/h7-20,29-31,35,37H,6,21-28H2,1-5H3,(H,43,47)(H,44,46);5-8,16-18,20,22,31H,9-15,28H2,1-4H3,(H,29,34)(H,30,33)(H,35,36)/t30-,31+,35-,37+;17-,18+,20-,22+/m11/s1. The number of carboxylic acid groups (broad SMARTS) is 1. The van der Waals surface area contributed by atoms with E-state index in [-0.39, 0.29) is 90.0 Å². The van der Waals surface area contributed by atoms with Crippen molar-refractivity contribution in [1.82, 2.24) is 21.3 Å². The molecule has 8 N–H and O–H groups in total. The summed E-state index contributed by atoms with van der Waals surface area (Å²) in [6.45, 7) is 19.7. The lowest BCUT2D eigenvalue weighted by Crippen LogP contribution is -2.52. The molecular weight excluding hydrogens is 1120 g/mol. The number of hydrogen-bond acceptors (Lipinski definition) is 14. The van der Waals surface area contributed by atoms with Gasteiger partial charge >= 0.3 is 11.9 Å². The van der Waals surface area contributed by atoms with Gasteiger partial charge in [0.15, 0.2) is 11.6 Å². The normalized spacial score (nSPS) is 16.6. The first-order chi connectivity index (χ1) is 41.8. The minimum Gasteiger partial charge on any atom is -0.508 e. The molecule has 0 unspecified atom stereocenters. The average molecular weight is 1220 g/mol. The molecule has 0 bridgehead atoms. The van der Waals surface area contributed by atoms with E-state index < -0.39 is 65.7 Å². The lowest BCUT2D eigenvalue weighted by atomic mass is 9.75. The monoisotopic (exact) mass is 1220 g/mol. The molecule has 2 fully saturated rings. The number of amides is 4. The number of ether oxygens (including phenoxy) is 4. The zero-order chi connectivity index (χ0) is 64.6. The Morgan fingerprint density at radius 1 is 0.534 bits per heavy atom. The van der Waals surface area contributed by atoms with E-state index in [9.17, 15) is 43.5 Å². The molecule has 0 radical (unpaired) electrons. The molecule has 0 spiro atoms. The third-order valence-electron chi connectivity index (χ3n) is 16.4. The van der Waals surface area contributed by atoms with Crippen LogP contribution in [-0.4, -0.2) is 114 Å². The molecule has 4 aromatic rings. The van der Waals surface area contributed by atoms with E-state index in [1.807, 2.05) is 120 Å². The number of hydrogen-bond donors (Lipinski definition) is 7.